The minimum absolute atomic E-state index is 0.0136. The quantitative estimate of drug-likeness (QED) is 0.248. The molecule has 0 fully saturated rings. The highest BCUT2D eigenvalue weighted by molar-refractivity contribution is 6.33. The lowest BCUT2D eigenvalue weighted by atomic mass is 9.92. The molecule has 0 aliphatic rings. The Kier molecular flexibility index (Phi) is 8.07. The van der Waals surface area contributed by atoms with Gasteiger partial charge in [0.1, 0.15) is 11.3 Å². The summed E-state index contributed by atoms with van der Waals surface area (Å²) in [4.78, 5) is 26.0. The third kappa shape index (κ3) is 5.96. The Labute approximate surface area is 228 Å². The van der Waals surface area contributed by atoms with Crippen LogP contribution in [0.2, 0.25) is 5.02 Å². The van der Waals surface area contributed by atoms with Crippen LogP contribution in [0.25, 0.3) is 22.1 Å². The van der Waals surface area contributed by atoms with E-state index in [1.165, 1.54) is 30.3 Å². The van der Waals surface area contributed by atoms with Gasteiger partial charge < -0.3 is 14.5 Å². The van der Waals surface area contributed by atoms with Crippen LogP contribution in [0, 0.1) is 0 Å². The van der Waals surface area contributed by atoms with Crippen LogP contribution in [-0.4, -0.2) is 12.5 Å². The number of rotatable bonds is 7. The summed E-state index contributed by atoms with van der Waals surface area (Å²) >= 11 is 6.11. The molecule has 9 heteroatoms. The van der Waals surface area contributed by atoms with Gasteiger partial charge in [-0.3, -0.25) is 9.59 Å². The fraction of sp³-hybridized carbons (Fsp3) is 0.267. The molecular formula is C30H27ClF3NO4. The molecule has 0 aliphatic heterocycles. The van der Waals surface area contributed by atoms with E-state index >= 15 is 0 Å². The lowest BCUT2D eigenvalue weighted by molar-refractivity contribution is -0.152. The maximum Gasteiger partial charge on any atom is 0.450 e. The predicted molar refractivity (Wildman–Crippen MR) is 147 cm³/mol. The summed E-state index contributed by atoms with van der Waals surface area (Å²) in [6, 6.07) is 15.5. The molecule has 0 aliphatic carbocycles. The highest BCUT2D eigenvalue weighted by atomic mass is 35.5. The second kappa shape index (κ2) is 11.1. The molecule has 4 aromatic rings. The van der Waals surface area contributed by atoms with Crippen molar-refractivity contribution in [3.8, 4) is 16.9 Å². The maximum atomic E-state index is 14.0. The van der Waals surface area contributed by atoms with E-state index in [2.05, 4.69) is 5.32 Å². The number of anilines is 1. The van der Waals surface area contributed by atoms with Crippen molar-refractivity contribution >= 4 is 34.2 Å². The Hall–Kier alpha value is -3.78. The molecule has 0 bridgehead atoms. The van der Waals surface area contributed by atoms with Crippen LogP contribution in [0.3, 0.4) is 0 Å². The Bertz CT molecular complexity index is 1570. The molecule has 1 heterocycles. The first-order valence-electron chi connectivity index (χ1n) is 12.4. The van der Waals surface area contributed by atoms with Crippen LogP contribution in [0.15, 0.2) is 69.9 Å². The van der Waals surface area contributed by atoms with E-state index in [-0.39, 0.29) is 39.1 Å². The van der Waals surface area contributed by atoms with E-state index in [4.69, 9.17) is 20.8 Å². The van der Waals surface area contributed by atoms with Crippen molar-refractivity contribution in [3.05, 3.63) is 92.8 Å². The topological polar surface area (TPSA) is 68.5 Å². The van der Waals surface area contributed by atoms with Crippen LogP contribution in [0.5, 0.6) is 5.75 Å². The number of halogens is 4. The summed E-state index contributed by atoms with van der Waals surface area (Å²) in [6.45, 7) is 7.72. The number of nitrogens with one attached hydrogen (secondary N) is 1. The molecule has 0 radical (unpaired) electrons. The number of hydrogen-bond acceptors (Lipinski definition) is 4. The van der Waals surface area contributed by atoms with Gasteiger partial charge in [-0.1, -0.05) is 75.7 Å². The molecule has 3 aromatic carbocycles. The van der Waals surface area contributed by atoms with Gasteiger partial charge in [-0.2, -0.15) is 13.2 Å². The van der Waals surface area contributed by atoms with Gasteiger partial charge in [0.2, 0.25) is 11.2 Å². The number of amides is 1. The van der Waals surface area contributed by atoms with Crippen LogP contribution >= 0.6 is 11.6 Å². The zero-order valence-corrected chi connectivity index (χ0v) is 22.5. The van der Waals surface area contributed by atoms with Gasteiger partial charge in [-0.05, 0) is 41.2 Å². The Morgan fingerprint density at radius 3 is 2.21 bits per heavy atom. The highest BCUT2D eigenvalue weighted by Crippen LogP contribution is 2.40. The van der Waals surface area contributed by atoms with E-state index in [1.807, 2.05) is 45.9 Å². The molecule has 1 N–H and O–H groups in total. The first kappa shape index (κ1) is 28.2. The Morgan fingerprint density at radius 1 is 0.974 bits per heavy atom. The van der Waals surface area contributed by atoms with Gasteiger partial charge in [0.25, 0.3) is 5.91 Å². The number of carbonyl (C=O) groups excluding carboxylic acids is 1. The lowest BCUT2D eigenvalue weighted by Gasteiger charge is -2.20. The molecule has 0 unspecified atom stereocenters. The predicted octanol–water partition coefficient (Wildman–Crippen LogP) is 8.40. The fourth-order valence-corrected chi connectivity index (χ4v) is 4.62. The van der Waals surface area contributed by atoms with E-state index in [9.17, 15) is 22.8 Å². The number of para-hydroxylation sites is 1. The molecular weight excluding hydrogens is 531 g/mol. The standard InChI is InChI=1S/C30H27ClF3NO4/c1-16(2)19-9-7-10-20(17(3)4)27(19)35-25(36)15-38-18-12-13-22-24(14-18)39-29(30(32,33)34)26(28(22)37)21-8-5-6-11-23(21)31/h5-14,16-17H,15H2,1-4H3,(H,35,36). The van der Waals surface area contributed by atoms with Crippen molar-refractivity contribution < 1.29 is 27.1 Å². The minimum atomic E-state index is -4.96. The van der Waals surface area contributed by atoms with Crippen molar-refractivity contribution in [1.82, 2.24) is 0 Å². The second-order valence-corrected chi connectivity index (χ2v) is 10.1. The Morgan fingerprint density at radius 2 is 1.62 bits per heavy atom. The van der Waals surface area contributed by atoms with E-state index in [0.29, 0.717) is 0 Å². The van der Waals surface area contributed by atoms with Crippen LogP contribution < -0.4 is 15.5 Å². The molecule has 5 nitrogen and oxygen atoms in total. The van der Waals surface area contributed by atoms with E-state index < -0.39 is 35.4 Å². The molecule has 204 valence electrons. The van der Waals surface area contributed by atoms with E-state index in [0.717, 1.165) is 22.9 Å². The molecule has 1 amide bonds. The third-order valence-electron chi connectivity index (χ3n) is 6.27. The monoisotopic (exact) mass is 557 g/mol. The third-order valence-corrected chi connectivity index (χ3v) is 6.60. The van der Waals surface area contributed by atoms with Crippen molar-refractivity contribution in [3.63, 3.8) is 0 Å². The molecule has 1 aromatic heterocycles. The van der Waals surface area contributed by atoms with Gasteiger partial charge in [0, 0.05) is 22.3 Å². The summed E-state index contributed by atoms with van der Waals surface area (Å²) < 4.78 is 52.6. The van der Waals surface area contributed by atoms with Crippen molar-refractivity contribution in [2.24, 2.45) is 0 Å². The van der Waals surface area contributed by atoms with Gasteiger partial charge in [-0.15, -0.1) is 0 Å². The molecule has 0 atom stereocenters. The summed E-state index contributed by atoms with van der Waals surface area (Å²) in [5.41, 5.74) is 0.732. The SMILES string of the molecule is CC(C)c1cccc(C(C)C)c1NC(=O)COc1ccc2c(=O)c(-c3ccccc3Cl)c(C(F)(F)F)oc2c1. The summed E-state index contributed by atoms with van der Waals surface area (Å²) in [5, 5.41) is 2.82. The Balaban J connectivity index is 1.65. The minimum Gasteiger partial charge on any atom is -0.484 e. The molecule has 4 rings (SSSR count). The van der Waals surface area contributed by atoms with Crippen molar-refractivity contribution in [2.75, 3.05) is 11.9 Å². The number of fused-ring (bicyclic) bond motifs is 1. The summed E-state index contributed by atoms with van der Waals surface area (Å²) in [5.74, 6) is -1.49. The second-order valence-electron chi connectivity index (χ2n) is 9.73. The molecule has 39 heavy (non-hydrogen) atoms. The zero-order chi connectivity index (χ0) is 28.5. The van der Waals surface area contributed by atoms with Gasteiger partial charge >= 0.3 is 6.18 Å². The number of alkyl halides is 3. The summed E-state index contributed by atoms with van der Waals surface area (Å²) in [7, 11) is 0. The number of benzene rings is 3. The molecule has 0 spiro atoms. The van der Waals surface area contributed by atoms with Gasteiger partial charge in [-0.25, -0.2) is 0 Å². The van der Waals surface area contributed by atoms with Gasteiger partial charge in [0.15, 0.2) is 6.61 Å². The maximum absolute atomic E-state index is 14.0. The molecule has 0 saturated heterocycles. The summed E-state index contributed by atoms with van der Waals surface area (Å²) in [6.07, 6.45) is -4.96. The largest absolute Gasteiger partial charge is 0.484 e. The number of carbonyl (C=O) groups is 1. The molecule has 0 saturated carbocycles. The van der Waals surface area contributed by atoms with Crippen LogP contribution in [0.1, 0.15) is 56.4 Å². The lowest BCUT2D eigenvalue weighted by Crippen LogP contribution is -2.22. The average Bonchev–Trinajstić information content (AvgIpc) is 2.87. The van der Waals surface area contributed by atoms with Crippen molar-refractivity contribution in [2.45, 2.75) is 45.7 Å². The average molecular weight is 558 g/mol. The first-order valence-corrected chi connectivity index (χ1v) is 12.7. The van der Waals surface area contributed by atoms with Crippen LogP contribution in [-0.2, 0) is 11.0 Å². The number of ether oxygens (including phenoxy) is 1. The first-order chi connectivity index (χ1) is 18.4. The fourth-order valence-electron chi connectivity index (χ4n) is 4.39. The number of hydrogen-bond donors (Lipinski definition) is 1. The van der Waals surface area contributed by atoms with Gasteiger partial charge in [0.05, 0.1) is 10.9 Å². The van der Waals surface area contributed by atoms with E-state index in [1.54, 1.807) is 6.07 Å². The zero-order valence-electron chi connectivity index (χ0n) is 21.8. The van der Waals surface area contributed by atoms with Crippen LogP contribution in [0.4, 0.5) is 18.9 Å². The van der Waals surface area contributed by atoms with Crippen molar-refractivity contribution in [1.29, 1.82) is 0 Å². The normalized spacial score (nSPS) is 11.8. The smallest absolute Gasteiger partial charge is 0.450 e. The highest BCUT2D eigenvalue weighted by Gasteiger charge is 2.39.